The van der Waals surface area contributed by atoms with Crippen LogP contribution in [0, 0.1) is 11.3 Å². The lowest BCUT2D eigenvalue weighted by Gasteiger charge is -2.57. The number of nitrogens with one attached hydrogen (secondary N) is 1. The van der Waals surface area contributed by atoms with Crippen molar-refractivity contribution in [2.24, 2.45) is 11.3 Å². The number of fused-ring (bicyclic) bond motifs is 2. The molecule has 3 nitrogen and oxygen atoms in total. The molecule has 3 aliphatic rings. The molecular weight excluding hydrogens is 280 g/mol. The summed E-state index contributed by atoms with van der Waals surface area (Å²) in [6, 6.07) is 0.664. The molecule has 21 heavy (non-hydrogen) atoms. The first-order valence-corrected chi connectivity index (χ1v) is 9.38. The molecule has 4 rings (SSSR count). The van der Waals surface area contributed by atoms with Gasteiger partial charge >= 0.3 is 0 Å². The summed E-state index contributed by atoms with van der Waals surface area (Å²) < 4.78 is 6.05. The molecule has 1 aromatic heterocycles. The van der Waals surface area contributed by atoms with Gasteiger partial charge in [-0.15, -0.1) is 11.3 Å². The number of ether oxygens (including phenoxy) is 1. The Labute approximate surface area is 131 Å². The Balaban J connectivity index is 1.43. The van der Waals surface area contributed by atoms with Crippen LogP contribution in [-0.2, 0) is 11.3 Å². The first-order valence-electron chi connectivity index (χ1n) is 8.50. The molecule has 3 fully saturated rings. The number of hydrogen-bond acceptors (Lipinski definition) is 4. The van der Waals surface area contributed by atoms with Crippen LogP contribution in [0.4, 0.5) is 0 Å². The van der Waals surface area contributed by atoms with Gasteiger partial charge in [0.25, 0.3) is 0 Å². The van der Waals surface area contributed by atoms with Gasteiger partial charge in [-0.2, -0.15) is 0 Å². The van der Waals surface area contributed by atoms with Crippen LogP contribution in [0.15, 0.2) is 5.38 Å². The molecule has 3 atom stereocenters. The molecular formula is C17H26N2OS. The lowest BCUT2D eigenvalue weighted by Crippen LogP contribution is -2.67. The van der Waals surface area contributed by atoms with Crippen molar-refractivity contribution in [3.63, 3.8) is 0 Å². The van der Waals surface area contributed by atoms with E-state index in [9.17, 15) is 0 Å². The minimum absolute atomic E-state index is 0.456. The van der Waals surface area contributed by atoms with Crippen LogP contribution in [-0.4, -0.2) is 23.7 Å². The molecule has 0 radical (unpaired) electrons. The van der Waals surface area contributed by atoms with Crippen molar-refractivity contribution in [3.8, 4) is 0 Å². The molecule has 0 unspecified atom stereocenters. The third-order valence-corrected chi connectivity index (χ3v) is 7.05. The average Bonchev–Trinajstić information content (AvgIpc) is 3.18. The predicted molar refractivity (Wildman–Crippen MR) is 85.6 cm³/mol. The second-order valence-corrected chi connectivity index (χ2v) is 8.26. The molecule has 0 amide bonds. The maximum Gasteiger partial charge on any atom is 0.0954 e. The molecule has 1 saturated heterocycles. The highest BCUT2D eigenvalue weighted by atomic mass is 32.1. The topological polar surface area (TPSA) is 34.2 Å². The van der Waals surface area contributed by atoms with E-state index >= 15 is 0 Å². The molecule has 0 bridgehead atoms. The van der Waals surface area contributed by atoms with Crippen LogP contribution in [0.3, 0.4) is 0 Å². The maximum absolute atomic E-state index is 6.05. The lowest BCUT2D eigenvalue weighted by molar-refractivity contribution is -0.131. The minimum Gasteiger partial charge on any atom is -0.377 e. The van der Waals surface area contributed by atoms with Gasteiger partial charge in [0.2, 0.25) is 0 Å². The smallest absolute Gasteiger partial charge is 0.0954 e. The number of aromatic nitrogens is 1. The van der Waals surface area contributed by atoms with Crippen molar-refractivity contribution in [2.75, 3.05) is 6.61 Å². The summed E-state index contributed by atoms with van der Waals surface area (Å²) in [7, 11) is 0. The van der Waals surface area contributed by atoms with Crippen molar-refractivity contribution in [1.29, 1.82) is 0 Å². The Bertz CT molecular complexity index is 507. The van der Waals surface area contributed by atoms with Gasteiger partial charge in [-0.3, -0.25) is 0 Å². The summed E-state index contributed by atoms with van der Waals surface area (Å²) in [6.07, 6.45) is 7.30. The van der Waals surface area contributed by atoms with E-state index in [1.807, 2.05) is 0 Å². The molecule has 2 heterocycles. The van der Waals surface area contributed by atoms with Crippen molar-refractivity contribution in [2.45, 2.75) is 70.6 Å². The lowest BCUT2D eigenvalue weighted by atomic mass is 9.54. The zero-order valence-electron chi connectivity index (χ0n) is 13.1. The average molecular weight is 306 g/mol. The third-order valence-electron chi connectivity index (χ3n) is 5.85. The van der Waals surface area contributed by atoms with E-state index in [4.69, 9.17) is 9.72 Å². The number of nitrogens with zero attached hydrogens (tertiary/aromatic N) is 1. The maximum atomic E-state index is 6.05. The van der Waals surface area contributed by atoms with Gasteiger partial charge in [-0.05, 0) is 19.3 Å². The van der Waals surface area contributed by atoms with Gasteiger partial charge in [-0.25, -0.2) is 4.98 Å². The summed E-state index contributed by atoms with van der Waals surface area (Å²) >= 11 is 1.80. The number of thiazole rings is 1. The summed E-state index contributed by atoms with van der Waals surface area (Å²) in [6.45, 7) is 6.34. The Morgan fingerprint density at radius 1 is 1.43 bits per heavy atom. The van der Waals surface area contributed by atoms with E-state index in [0.717, 1.165) is 19.1 Å². The van der Waals surface area contributed by atoms with E-state index in [0.29, 0.717) is 23.5 Å². The third kappa shape index (κ3) is 2.18. The normalized spacial score (nSPS) is 33.6. The molecule has 1 aromatic rings. The molecule has 2 saturated carbocycles. The first kappa shape index (κ1) is 14.2. The van der Waals surface area contributed by atoms with Crippen molar-refractivity contribution < 1.29 is 4.74 Å². The molecule has 1 N–H and O–H groups in total. The number of rotatable bonds is 4. The van der Waals surface area contributed by atoms with Gasteiger partial charge in [0, 0.05) is 41.8 Å². The number of hydrogen-bond donors (Lipinski definition) is 1. The van der Waals surface area contributed by atoms with Crippen LogP contribution >= 0.6 is 11.3 Å². The summed E-state index contributed by atoms with van der Waals surface area (Å²) in [4.78, 5) is 4.77. The molecule has 1 spiro atoms. The Morgan fingerprint density at radius 3 is 2.95 bits per heavy atom. The molecule has 2 aliphatic carbocycles. The van der Waals surface area contributed by atoms with E-state index in [1.165, 1.54) is 42.8 Å². The van der Waals surface area contributed by atoms with Crippen LogP contribution < -0.4 is 5.32 Å². The van der Waals surface area contributed by atoms with Gasteiger partial charge in [0.05, 0.1) is 16.8 Å². The Morgan fingerprint density at radius 2 is 2.24 bits per heavy atom. The fraction of sp³-hybridized carbons (Fsp3) is 0.824. The fourth-order valence-corrected chi connectivity index (χ4v) is 5.73. The minimum atomic E-state index is 0.456. The van der Waals surface area contributed by atoms with Gasteiger partial charge in [-0.1, -0.05) is 26.7 Å². The van der Waals surface area contributed by atoms with E-state index in [-0.39, 0.29) is 0 Å². The fourth-order valence-electron chi connectivity index (χ4n) is 4.89. The van der Waals surface area contributed by atoms with E-state index in [1.54, 1.807) is 11.3 Å². The van der Waals surface area contributed by atoms with Crippen molar-refractivity contribution in [3.05, 3.63) is 16.1 Å². The largest absolute Gasteiger partial charge is 0.377 e. The highest BCUT2D eigenvalue weighted by Gasteiger charge is 2.64. The molecule has 0 aromatic carbocycles. The second-order valence-electron chi connectivity index (χ2n) is 7.37. The van der Waals surface area contributed by atoms with Crippen LogP contribution in [0.25, 0.3) is 0 Å². The Kier molecular flexibility index (Phi) is 3.59. The monoisotopic (exact) mass is 306 g/mol. The van der Waals surface area contributed by atoms with Crippen LogP contribution in [0.2, 0.25) is 0 Å². The highest BCUT2D eigenvalue weighted by molar-refractivity contribution is 7.09. The summed E-state index contributed by atoms with van der Waals surface area (Å²) in [5.74, 6) is 1.30. The van der Waals surface area contributed by atoms with Gasteiger partial charge in [0.15, 0.2) is 0 Å². The molecule has 1 aliphatic heterocycles. The quantitative estimate of drug-likeness (QED) is 0.921. The Hall–Kier alpha value is -0.450. The van der Waals surface area contributed by atoms with Crippen LogP contribution in [0.5, 0.6) is 0 Å². The van der Waals surface area contributed by atoms with Gasteiger partial charge in [0.1, 0.15) is 0 Å². The summed E-state index contributed by atoms with van der Waals surface area (Å²) in [5.41, 5.74) is 1.68. The van der Waals surface area contributed by atoms with Crippen molar-refractivity contribution in [1.82, 2.24) is 10.3 Å². The predicted octanol–water partition coefficient (Wildman–Crippen LogP) is 3.70. The standard InChI is InChI=1S/C17H26N2OS/c1-11(2)16-19-12(10-21-16)9-18-14-13-5-8-20-15(13)17(14)6-3-4-7-17/h10-11,13-15,18H,3-9H2,1-2H3/t13-,14+,15+/m0/s1. The summed E-state index contributed by atoms with van der Waals surface area (Å²) in [5, 5.41) is 7.35. The molecule has 116 valence electrons. The highest BCUT2D eigenvalue weighted by Crippen LogP contribution is 2.60. The zero-order valence-corrected chi connectivity index (χ0v) is 13.9. The zero-order chi connectivity index (χ0) is 14.4. The van der Waals surface area contributed by atoms with Crippen LogP contribution in [0.1, 0.15) is 62.6 Å². The van der Waals surface area contributed by atoms with Crippen molar-refractivity contribution >= 4 is 11.3 Å². The van der Waals surface area contributed by atoms with E-state index in [2.05, 4.69) is 24.5 Å². The van der Waals surface area contributed by atoms with Gasteiger partial charge < -0.3 is 10.1 Å². The SMILES string of the molecule is CC(C)c1nc(CN[C@@H]2[C@@H]3CCO[C@H]3C23CCCC3)cs1. The second kappa shape index (κ2) is 5.32. The first-order chi connectivity index (χ1) is 10.2. The molecule has 4 heteroatoms. The van der Waals surface area contributed by atoms with E-state index < -0.39 is 0 Å².